The maximum absolute atomic E-state index is 15.2. The van der Waals surface area contributed by atoms with Gasteiger partial charge in [-0.05, 0) is 36.1 Å². The highest BCUT2D eigenvalue weighted by Gasteiger charge is 2.33. The van der Waals surface area contributed by atoms with Crippen LogP contribution in [0.15, 0.2) is 48.9 Å². The second-order valence-corrected chi connectivity index (χ2v) is 7.39. The Labute approximate surface area is 182 Å². The smallest absolute Gasteiger partial charge is 0.416 e. The number of benzene rings is 1. The number of aromatic nitrogens is 3. The first-order valence-electron chi connectivity index (χ1n) is 10.0. The van der Waals surface area contributed by atoms with Gasteiger partial charge in [-0.15, -0.1) is 0 Å². The summed E-state index contributed by atoms with van der Waals surface area (Å²) in [5.74, 6) is 0.0435. The molecule has 0 spiro atoms. The number of alkyl halides is 3. The Balaban J connectivity index is 1.52. The Morgan fingerprint density at radius 2 is 1.88 bits per heavy atom. The largest absolute Gasteiger partial charge is 0.481 e. The number of nitrogens with one attached hydrogen (secondary N) is 1. The molecule has 3 aromatic rings. The number of nitrogens with zero attached hydrogens (tertiary/aromatic N) is 4. The van der Waals surface area contributed by atoms with Crippen molar-refractivity contribution >= 4 is 11.6 Å². The fourth-order valence-corrected chi connectivity index (χ4v) is 3.77. The summed E-state index contributed by atoms with van der Waals surface area (Å²) in [6, 6.07) is 8.25. The van der Waals surface area contributed by atoms with E-state index in [2.05, 4.69) is 20.3 Å². The quantitative estimate of drug-likeness (QED) is 0.537. The third-order valence-corrected chi connectivity index (χ3v) is 5.39. The molecule has 1 N–H and O–H groups in total. The fourth-order valence-electron chi connectivity index (χ4n) is 3.77. The Hall–Kier alpha value is -3.43. The summed E-state index contributed by atoms with van der Waals surface area (Å²) in [6.45, 7) is 0.841. The van der Waals surface area contributed by atoms with Crippen molar-refractivity contribution in [2.24, 2.45) is 0 Å². The van der Waals surface area contributed by atoms with Crippen molar-refractivity contribution < 1.29 is 22.3 Å². The van der Waals surface area contributed by atoms with Gasteiger partial charge in [0.05, 0.1) is 18.7 Å². The van der Waals surface area contributed by atoms with E-state index in [9.17, 15) is 13.2 Å². The van der Waals surface area contributed by atoms with Crippen LogP contribution in [-0.4, -0.2) is 28.6 Å². The Morgan fingerprint density at radius 3 is 2.53 bits per heavy atom. The third-order valence-electron chi connectivity index (χ3n) is 5.39. The van der Waals surface area contributed by atoms with Gasteiger partial charge >= 0.3 is 6.18 Å². The molecule has 1 unspecified atom stereocenters. The molecular weight excluding hydrogens is 426 g/mol. The van der Waals surface area contributed by atoms with E-state index < -0.39 is 17.6 Å². The van der Waals surface area contributed by atoms with E-state index >= 15 is 4.39 Å². The van der Waals surface area contributed by atoms with Crippen molar-refractivity contribution in [3.8, 4) is 5.88 Å². The molecular formula is C22H21F4N5O. The Bertz CT molecular complexity index is 1060. The second kappa shape index (κ2) is 8.97. The van der Waals surface area contributed by atoms with Gasteiger partial charge in [0.1, 0.15) is 6.33 Å². The van der Waals surface area contributed by atoms with Gasteiger partial charge in [0, 0.05) is 25.4 Å². The predicted molar refractivity (Wildman–Crippen MR) is 111 cm³/mol. The van der Waals surface area contributed by atoms with Gasteiger partial charge in [0.25, 0.3) is 0 Å². The summed E-state index contributed by atoms with van der Waals surface area (Å²) in [6.07, 6.45) is -0.0424. The molecule has 1 aromatic carbocycles. The van der Waals surface area contributed by atoms with Gasteiger partial charge < -0.3 is 15.0 Å². The first kappa shape index (κ1) is 21.8. The van der Waals surface area contributed by atoms with Gasteiger partial charge in [0.2, 0.25) is 11.7 Å². The molecule has 3 heterocycles. The minimum absolute atomic E-state index is 0.0453. The minimum Gasteiger partial charge on any atom is -0.481 e. The highest BCUT2D eigenvalue weighted by Crippen LogP contribution is 2.38. The summed E-state index contributed by atoms with van der Waals surface area (Å²) in [4.78, 5) is 14.0. The van der Waals surface area contributed by atoms with Crippen molar-refractivity contribution in [1.82, 2.24) is 15.0 Å². The zero-order valence-corrected chi connectivity index (χ0v) is 17.2. The van der Waals surface area contributed by atoms with E-state index in [-0.39, 0.29) is 17.7 Å². The molecule has 1 aliphatic rings. The highest BCUT2D eigenvalue weighted by molar-refractivity contribution is 5.53. The van der Waals surface area contributed by atoms with Crippen molar-refractivity contribution in [2.45, 2.75) is 31.6 Å². The third kappa shape index (κ3) is 4.58. The number of ether oxygens (including phenoxy) is 1. The van der Waals surface area contributed by atoms with Gasteiger partial charge in [-0.25, -0.2) is 15.0 Å². The van der Waals surface area contributed by atoms with Crippen LogP contribution in [-0.2, 0) is 12.7 Å². The van der Waals surface area contributed by atoms with Crippen LogP contribution in [0, 0.1) is 5.82 Å². The van der Waals surface area contributed by atoms with Crippen LogP contribution in [0.25, 0.3) is 0 Å². The lowest BCUT2D eigenvalue weighted by Gasteiger charge is -2.27. The normalized spacial score (nSPS) is 16.3. The number of rotatable bonds is 6. The molecule has 1 fully saturated rings. The molecule has 168 valence electrons. The topological polar surface area (TPSA) is 63.2 Å². The van der Waals surface area contributed by atoms with Crippen LogP contribution in [0.1, 0.15) is 35.6 Å². The molecule has 0 aliphatic carbocycles. The fraction of sp³-hybridized carbons (Fsp3) is 0.318. The molecule has 0 radical (unpaired) electrons. The van der Waals surface area contributed by atoms with Crippen LogP contribution in [0.5, 0.6) is 5.88 Å². The molecule has 0 saturated carbocycles. The molecule has 0 amide bonds. The molecule has 1 saturated heterocycles. The van der Waals surface area contributed by atoms with E-state index in [4.69, 9.17) is 4.74 Å². The number of hydrogen-bond donors (Lipinski definition) is 1. The molecule has 2 aromatic heterocycles. The summed E-state index contributed by atoms with van der Waals surface area (Å²) in [5.41, 5.74) is 0.792. The lowest BCUT2D eigenvalue weighted by molar-refractivity contribution is -0.137. The van der Waals surface area contributed by atoms with E-state index in [1.807, 2.05) is 0 Å². The number of halogens is 4. The zero-order chi connectivity index (χ0) is 22.7. The van der Waals surface area contributed by atoms with Gasteiger partial charge in [-0.3, -0.25) is 0 Å². The summed E-state index contributed by atoms with van der Waals surface area (Å²) < 4.78 is 58.9. The van der Waals surface area contributed by atoms with Gasteiger partial charge in [0.15, 0.2) is 11.6 Å². The average molecular weight is 447 g/mol. The first-order chi connectivity index (χ1) is 15.4. The standard InChI is InChI=1S/C22H21F4N5O/c1-32-18-9-4-14(11-27-18)12-28-20-19(23)21(30-13-29-20)31-10-2-3-17(31)15-5-7-16(8-6-15)22(24,25)26/h4-9,11,13,17H,2-3,10,12H2,1H3,(H,28,29,30). The van der Waals surface area contributed by atoms with Crippen LogP contribution in [0.2, 0.25) is 0 Å². The molecule has 6 nitrogen and oxygen atoms in total. The van der Waals surface area contributed by atoms with Crippen molar-refractivity contribution in [1.29, 1.82) is 0 Å². The lowest BCUT2D eigenvalue weighted by Crippen LogP contribution is -2.25. The Morgan fingerprint density at radius 1 is 1.09 bits per heavy atom. The number of hydrogen-bond acceptors (Lipinski definition) is 6. The van der Waals surface area contributed by atoms with Crippen LogP contribution in [0.3, 0.4) is 0 Å². The van der Waals surface area contributed by atoms with E-state index in [1.165, 1.54) is 25.6 Å². The van der Waals surface area contributed by atoms with Gasteiger partial charge in [-0.1, -0.05) is 18.2 Å². The Kier molecular flexibility index (Phi) is 6.11. The SMILES string of the molecule is COc1ccc(CNc2ncnc(N3CCCC3c3ccc(C(F)(F)F)cc3)c2F)cn1. The molecule has 4 rings (SSSR count). The summed E-state index contributed by atoms with van der Waals surface area (Å²) in [5, 5.41) is 2.95. The predicted octanol–water partition coefficient (Wildman–Crippen LogP) is 4.99. The average Bonchev–Trinajstić information content (AvgIpc) is 3.28. The summed E-state index contributed by atoms with van der Waals surface area (Å²) in [7, 11) is 1.52. The minimum atomic E-state index is -4.40. The molecule has 0 bridgehead atoms. The van der Waals surface area contributed by atoms with E-state index in [1.54, 1.807) is 23.2 Å². The number of anilines is 2. The second-order valence-electron chi connectivity index (χ2n) is 7.39. The van der Waals surface area contributed by atoms with Crippen molar-refractivity contribution in [3.63, 3.8) is 0 Å². The maximum atomic E-state index is 15.2. The monoisotopic (exact) mass is 447 g/mol. The van der Waals surface area contributed by atoms with Crippen LogP contribution in [0.4, 0.5) is 29.2 Å². The highest BCUT2D eigenvalue weighted by atomic mass is 19.4. The van der Waals surface area contributed by atoms with Crippen LogP contribution < -0.4 is 15.0 Å². The molecule has 1 atom stereocenters. The van der Waals surface area contributed by atoms with Gasteiger partial charge in [-0.2, -0.15) is 17.6 Å². The molecule has 1 aliphatic heterocycles. The molecule has 32 heavy (non-hydrogen) atoms. The first-order valence-corrected chi connectivity index (χ1v) is 10.0. The number of methoxy groups -OCH3 is 1. The van der Waals surface area contributed by atoms with E-state index in [0.29, 0.717) is 31.0 Å². The maximum Gasteiger partial charge on any atom is 0.416 e. The lowest BCUT2D eigenvalue weighted by atomic mass is 10.0. The number of pyridine rings is 1. The zero-order valence-electron chi connectivity index (χ0n) is 17.2. The van der Waals surface area contributed by atoms with E-state index in [0.717, 1.165) is 24.1 Å². The van der Waals surface area contributed by atoms with Crippen molar-refractivity contribution in [3.05, 3.63) is 71.4 Å². The van der Waals surface area contributed by atoms with Crippen LogP contribution >= 0.6 is 0 Å². The van der Waals surface area contributed by atoms with Crippen molar-refractivity contribution in [2.75, 3.05) is 23.9 Å². The molecule has 10 heteroatoms. The summed E-state index contributed by atoms with van der Waals surface area (Å²) >= 11 is 0.